The van der Waals surface area contributed by atoms with Crippen LogP contribution < -0.4 is 4.74 Å². The first kappa shape index (κ1) is 31.6. The fourth-order valence-corrected chi connectivity index (χ4v) is 5.81. The normalized spacial score (nSPS) is 16.2. The molecular formula is C36H39N3O6. The van der Waals surface area contributed by atoms with Gasteiger partial charge in [0.2, 0.25) is 0 Å². The van der Waals surface area contributed by atoms with Crippen LogP contribution in [0.5, 0.6) is 11.5 Å². The lowest BCUT2D eigenvalue weighted by molar-refractivity contribution is -0.154. The van der Waals surface area contributed by atoms with Gasteiger partial charge in [-0.3, -0.25) is 9.59 Å². The van der Waals surface area contributed by atoms with Gasteiger partial charge in [-0.1, -0.05) is 47.5 Å². The van der Waals surface area contributed by atoms with Crippen molar-refractivity contribution in [2.45, 2.75) is 53.4 Å². The third kappa shape index (κ3) is 7.48. The van der Waals surface area contributed by atoms with Crippen molar-refractivity contribution in [2.75, 3.05) is 20.3 Å². The molecule has 9 heteroatoms. The van der Waals surface area contributed by atoms with Gasteiger partial charge in [0.05, 0.1) is 24.5 Å². The van der Waals surface area contributed by atoms with Gasteiger partial charge in [-0.15, -0.1) is 0 Å². The Morgan fingerprint density at radius 1 is 0.689 bits per heavy atom. The number of esters is 2. The van der Waals surface area contributed by atoms with Crippen molar-refractivity contribution in [3.8, 4) is 45.7 Å². The van der Waals surface area contributed by atoms with Crippen LogP contribution in [0.3, 0.4) is 0 Å². The summed E-state index contributed by atoms with van der Waals surface area (Å²) in [7, 11) is 1.38. The highest BCUT2D eigenvalue weighted by molar-refractivity contribution is 5.75. The van der Waals surface area contributed by atoms with Gasteiger partial charge < -0.3 is 19.3 Å². The molecule has 0 aliphatic heterocycles. The molecule has 1 heterocycles. The summed E-state index contributed by atoms with van der Waals surface area (Å²) < 4.78 is 16.0. The number of benzene rings is 3. The molecule has 5 rings (SSSR count). The standard InChI is InChI=1S/C36H39N3O6/c1-21-6-13-28(23(3)18-21)32-37-33(29-14-7-22(2)19-24(29)4)39-34(38-32)30-15-12-27(20-31(30)40)44-16-17-45-36(42)26-10-8-25(9-11-26)35(41)43-5/h6-7,12-15,18-20,25-26,40H,8-11,16-17H2,1-5H3. The number of rotatable bonds is 9. The highest BCUT2D eigenvalue weighted by Gasteiger charge is 2.31. The molecule has 1 aliphatic carbocycles. The molecule has 3 aromatic carbocycles. The molecule has 1 saturated carbocycles. The van der Waals surface area contributed by atoms with E-state index in [0.29, 0.717) is 54.5 Å². The fourth-order valence-electron chi connectivity index (χ4n) is 5.81. The lowest BCUT2D eigenvalue weighted by Gasteiger charge is -2.25. The van der Waals surface area contributed by atoms with Crippen molar-refractivity contribution in [2.24, 2.45) is 11.8 Å². The van der Waals surface area contributed by atoms with Gasteiger partial charge in [-0.2, -0.15) is 0 Å². The van der Waals surface area contributed by atoms with Gasteiger partial charge in [0.25, 0.3) is 0 Å². The first-order valence-electron chi connectivity index (χ1n) is 15.2. The first-order chi connectivity index (χ1) is 21.6. The summed E-state index contributed by atoms with van der Waals surface area (Å²) >= 11 is 0. The van der Waals surface area contributed by atoms with E-state index in [4.69, 9.17) is 29.2 Å². The number of phenols is 1. The predicted octanol–water partition coefficient (Wildman–Crippen LogP) is 6.71. The molecule has 45 heavy (non-hydrogen) atoms. The van der Waals surface area contributed by atoms with Crippen molar-refractivity contribution in [1.82, 2.24) is 15.0 Å². The maximum absolute atomic E-state index is 12.5. The molecule has 1 aliphatic rings. The van der Waals surface area contributed by atoms with Crippen LogP contribution in [0.1, 0.15) is 47.9 Å². The van der Waals surface area contributed by atoms with Crippen molar-refractivity contribution in [3.63, 3.8) is 0 Å². The summed E-state index contributed by atoms with van der Waals surface area (Å²) in [5, 5.41) is 11.0. The third-order valence-electron chi connectivity index (χ3n) is 8.28. The molecular weight excluding hydrogens is 570 g/mol. The van der Waals surface area contributed by atoms with E-state index in [2.05, 4.69) is 12.1 Å². The van der Waals surface area contributed by atoms with Crippen LogP contribution in [0.2, 0.25) is 0 Å². The van der Waals surface area contributed by atoms with Crippen molar-refractivity contribution < 1.29 is 28.9 Å². The van der Waals surface area contributed by atoms with Crippen LogP contribution in [-0.2, 0) is 19.1 Å². The SMILES string of the molecule is COC(=O)C1CCC(C(=O)OCCOc2ccc(-c3nc(-c4ccc(C)cc4C)nc(-c4ccc(C)cc4C)n3)c(O)c2)CC1. The Kier molecular flexibility index (Phi) is 9.76. The first-order valence-corrected chi connectivity index (χ1v) is 15.2. The highest BCUT2D eigenvalue weighted by atomic mass is 16.6. The topological polar surface area (TPSA) is 121 Å². The summed E-state index contributed by atoms with van der Waals surface area (Å²) in [6.45, 7) is 8.34. The third-order valence-corrected chi connectivity index (χ3v) is 8.28. The van der Waals surface area contributed by atoms with E-state index >= 15 is 0 Å². The second-order valence-electron chi connectivity index (χ2n) is 11.7. The predicted molar refractivity (Wildman–Crippen MR) is 171 cm³/mol. The quantitative estimate of drug-likeness (QED) is 0.163. The zero-order valence-electron chi connectivity index (χ0n) is 26.4. The van der Waals surface area contributed by atoms with Crippen LogP contribution in [0.4, 0.5) is 0 Å². The highest BCUT2D eigenvalue weighted by Crippen LogP contribution is 2.34. The maximum Gasteiger partial charge on any atom is 0.309 e. The van der Waals surface area contributed by atoms with Gasteiger partial charge in [-0.05, 0) is 76.6 Å². The molecule has 1 N–H and O–H groups in total. The molecule has 234 valence electrons. The van der Waals surface area contributed by atoms with Crippen molar-refractivity contribution >= 4 is 11.9 Å². The van der Waals surface area contributed by atoms with E-state index < -0.39 is 0 Å². The minimum Gasteiger partial charge on any atom is -0.507 e. The number of ether oxygens (including phenoxy) is 3. The largest absolute Gasteiger partial charge is 0.507 e. The average Bonchev–Trinajstić information content (AvgIpc) is 3.02. The fraction of sp³-hybridized carbons (Fsp3) is 0.361. The summed E-state index contributed by atoms with van der Waals surface area (Å²) in [5.41, 5.74) is 6.59. The monoisotopic (exact) mass is 609 g/mol. The number of methoxy groups -OCH3 is 1. The molecule has 0 spiro atoms. The number of phenolic OH excluding ortho intramolecular Hbond substituents is 1. The van der Waals surface area contributed by atoms with Crippen molar-refractivity contribution in [3.05, 3.63) is 76.9 Å². The Labute approximate surface area is 263 Å². The Hall–Kier alpha value is -4.79. The zero-order chi connectivity index (χ0) is 32.1. The number of carbonyl (C=O) groups is 2. The minimum atomic E-state index is -0.283. The van der Waals surface area contributed by atoms with Crippen molar-refractivity contribution in [1.29, 1.82) is 0 Å². The van der Waals surface area contributed by atoms with E-state index in [9.17, 15) is 14.7 Å². The number of aromatic hydroxyl groups is 1. The molecule has 0 unspecified atom stereocenters. The molecule has 0 amide bonds. The molecule has 1 fully saturated rings. The Morgan fingerprint density at radius 2 is 1.18 bits per heavy atom. The van der Waals surface area contributed by atoms with E-state index in [1.807, 2.05) is 52.0 Å². The smallest absolute Gasteiger partial charge is 0.309 e. The van der Waals surface area contributed by atoms with E-state index in [0.717, 1.165) is 33.4 Å². The van der Waals surface area contributed by atoms with Gasteiger partial charge in [0, 0.05) is 17.2 Å². The second-order valence-corrected chi connectivity index (χ2v) is 11.7. The van der Waals surface area contributed by atoms with E-state index in [1.165, 1.54) is 13.2 Å². The van der Waals surface area contributed by atoms with Gasteiger partial charge in [-0.25, -0.2) is 15.0 Å². The lowest BCUT2D eigenvalue weighted by atomic mass is 9.82. The molecule has 4 aromatic rings. The minimum absolute atomic E-state index is 0.0452. The van der Waals surface area contributed by atoms with Gasteiger partial charge in [0.1, 0.15) is 24.7 Å². The van der Waals surface area contributed by atoms with Crippen LogP contribution in [0.15, 0.2) is 54.6 Å². The summed E-state index contributed by atoms with van der Waals surface area (Å²) in [6.07, 6.45) is 2.44. The number of aryl methyl sites for hydroxylation is 4. The lowest BCUT2D eigenvalue weighted by Crippen LogP contribution is -2.28. The number of hydrogen-bond acceptors (Lipinski definition) is 9. The maximum atomic E-state index is 12.5. The van der Waals surface area contributed by atoms with Gasteiger partial charge >= 0.3 is 11.9 Å². The molecule has 0 saturated heterocycles. The number of hydrogen-bond donors (Lipinski definition) is 1. The van der Waals surface area contributed by atoms with E-state index in [-0.39, 0.29) is 42.7 Å². The van der Waals surface area contributed by atoms with Crippen LogP contribution in [0.25, 0.3) is 34.2 Å². The second kappa shape index (κ2) is 13.9. The zero-order valence-corrected chi connectivity index (χ0v) is 26.4. The van der Waals surface area contributed by atoms with Crippen LogP contribution in [-0.4, -0.2) is 52.3 Å². The van der Waals surface area contributed by atoms with E-state index in [1.54, 1.807) is 12.1 Å². The Bertz CT molecular complexity index is 1640. The van der Waals surface area contributed by atoms with Crippen LogP contribution in [0, 0.1) is 39.5 Å². The molecule has 1 aromatic heterocycles. The van der Waals surface area contributed by atoms with Crippen LogP contribution >= 0.6 is 0 Å². The summed E-state index contributed by atoms with van der Waals surface area (Å²) in [6, 6.07) is 17.2. The number of aromatic nitrogens is 3. The molecule has 0 bridgehead atoms. The number of carbonyl (C=O) groups excluding carboxylic acids is 2. The summed E-state index contributed by atoms with van der Waals surface area (Å²) in [4.78, 5) is 38.6. The molecule has 9 nitrogen and oxygen atoms in total. The molecule has 0 atom stereocenters. The molecule has 0 radical (unpaired) electrons. The Morgan fingerprint density at radius 3 is 1.67 bits per heavy atom. The average molecular weight is 610 g/mol. The summed E-state index contributed by atoms with van der Waals surface area (Å²) in [5.74, 6) is 0.887. The van der Waals surface area contributed by atoms with Gasteiger partial charge in [0.15, 0.2) is 17.5 Å². The number of nitrogens with zero attached hydrogens (tertiary/aromatic N) is 3. The Balaban J connectivity index is 1.30.